The van der Waals surface area contributed by atoms with Gasteiger partial charge in [-0.25, -0.2) is 9.18 Å². The number of amides is 2. The van der Waals surface area contributed by atoms with Crippen molar-refractivity contribution in [3.63, 3.8) is 0 Å². The van der Waals surface area contributed by atoms with Crippen molar-refractivity contribution in [3.8, 4) is 0 Å². The lowest BCUT2D eigenvalue weighted by molar-refractivity contribution is 0.0166. The van der Waals surface area contributed by atoms with Crippen molar-refractivity contribution in [2.75, 3.05) is 13.1 Å². The van der Waals surface area contributed by atoms with E-state index in [4.69, 9.17) is 0 Å². The molecule has 1 aromatic rings. The molecule has 0 saturated heterocycles. The van der Waals surface area contributed by atoms with Gasteiger partial charge in [-0.1, -0.05) is 32.0 Å². The summed E-state index contributed by atoms with van der Waals surface area (Å²) in [6.45, 7) is 5.97. The van der Waals surface area contributed by atoms with Gasteiger partial charge in [0.25, 0.3) is 0 Å². The maximum atomic E-state index is 13.3. The quantitative estimate of drug-likeness (QED) is 0.748. The van der Waals surface area contributed by atoms with E-state index < -0.39 is 5.60 Å². The fourth-order valence-corrected chi connectivity index (χ4v) is 1.54. The largest absolute Gasteiger partial charge is 0.388 e. The smallest absolute Gasteiger partial charge is 0.314 e. The van der Waals surface area contributed by atoms with Crippen molar-refractivity contribution < 1.29 is 14.3 Å². The monoisotopic (exact) mass is 282 g/mol. The minimum atomic E-state index is -0.942. The molecule has 1 atom stereocenters. The van der Waals surface area contributed by atoms with Gasteiger partial charge < -0.3 is 15.7 Å². The molecule has 0 bridgehead atoms. The lowest BCUT2D eigenvalue weighted by Crippen LogP contribution is -2.47. The van der Waals surface area contributed by atoms with Gasteiger partial charge >= 0.3 is 6.03 Å². The number of urea groups is 1. The second kappa shape index (κ2) is 7.24. The first kappa shape index (κ1) is 16.4. The minimum absolute atomic E-state index is 0.0428. The Morgan fingerprint density at radius 2 is 2.00 bits per heavy atom. The third-order valence-electron chi connectivity index (χ3n) is 3.49. The lowest BCUT2D eigenvalue weighted by atomic mass is 9.93. The van der Waals surface area contributed by atoms with Crippen molar-refractivity contribution in [2.24, 2.45) is 5.92 Å². The Morgan fingerprint density at radius 3 is 2.60 bits per heavy atom. The van der Waals surface area contributed by atoms with Gasteiger partial charge in [0.2, 0.25) is 0 Å². The van der Waals surface area contributed by atoms with Gasteiger partial charge in [-0.15, -0.1) is 0 Å². The predicted octanol–water partition coefficient (Wildman–Crippen LogP) is 2.07. The fraction of sp³-hybridized carbons (Fsp3) is 0.533. The molecule has 5 heteroatoms. The SMILES string of the molecule is CC(C)C(C)(O)CNC(=O)NCCc1ccccc1F. The molecule has 3 N–H and O–H groups in total. The summed E-state index contributed by atoms with van der Waals surface area (Å²) in [6, 6.07) is 6.13. The predicted molar refractivity (Wildman–Crippen MR) is 77.0 cm³/mol. The summed E-state index contributed by atoms with van der Waals surface area (Å²) in [7, 11) is 0. The normalized spacial score (nSPS) is 13.9. The van der Waals surface area contributed by atoms with Crippen LogP contribution in [0.1, 0.15) is 26.3 Å². The highest BCUT2D eigenvalue weighted by Gasteiger charge is 2.25. The Balaban J connectivity index is 2.29. The van der Waals surface area contributed by atoms with Crippen LogP contribution >= 0.6 is 0 Å². The molecule has 0 spiro atoms. The number of rotatable bonds is 6. The van der Waals surface area contributed by atoms with Gasteiger partial charge in [0, 0.05) is 13.1 Å². The number of carbonyl (C=O) groups excluding carboxylic acids is 1. The maximum absolute atomic E-state index is 13.3. The average molecular weight is 282 g/mol. The molecule has 1 rings (SSSR count). The molecular weight excluding hydrogens is 259 g/mol. The van der Waals surface area contributed by atoms with E-state index >= 15 is 0 Å². The number of hydrogen-bond donors (Lipinski definition) is 3. The second-order valence-electron chi connectivity index (χ2n) is 5.46. The molecule has 112 valence electrons. The van der Waals surface area contributed by atoms with Crippen LogP contribution in [0.2, 0.25) is 0 Å². The van der Waals surface area contributed by atoms with Crippen LogP contribution in [0, 0.1) is 11.7 Å². The zero-order chi connectivity index (χ0) is 15.2. The number of halogens is 1. The van der Waals surface area contributed by atoms with Crippen molar-refractivity contribution in [1.29, 1.82) is 0 Å². The molecule has 20 heavy (non-hydrogen) atoms. The van der Waals surface area contributed by atoms with Crippen LogP contribution in [0.5, 0.6) is 0 Å². The molecule has 0 aromatic heterocycles. The summed E-state index contributed by atoms with van der Waals surface area (Å²) >= 11 is 0. The van der Waals surface area contributed by atoms with E-state index in [1.165, 1.54) is 6.07 Å². The van der Waals surface area contributed by atoms with Crippen LogP contribution in [0.25, 0.3) is 0 Å². The number of aliphatic hydroxyl groups is 1. The number of nitrogens with one attached hydrogen (secondary N) is 2. The molecule has 2 amide bonds. The van der Waals surface area contributed by atoms with Crippen LogP contribution in [0.15, 0.2) is 24.3 Å². The molecule has 1 aromatic carbocycles. The van der Waals surface area contributed by atoms with E-state index in [2.05, 4.69) is 10.6 Å². The standard InChI is InChI=1S/C15H23FN2O2/c1-11(2)15(3,20)10-18-14(19)17-9-8-12-6-4-5-7-13(12)16/h4-7,11,20H,8-10H2,1-3H3,(H2,17,18,19). The van der Waals surface area contributed by atoms with Crippen molar-refractivity contribution >= 4 is 6.03 Å². The Labute approximate surface area is 119 Å². The maximum Gasteiger partial charge on any atom is 0.314 e. The summed E-state index contributed by atoms with van der Waals surface area (Å²) in [5, 5.41) is 15.2. The second-order valence-corrected chi connectivity index (χ2v) is 5.46. The van der Waals surface area contributed by atoms with Gasteiger partial charge in [0.15, 0.2) is 0 Å². The molecule has 4 nitrogen and oxygen atoms in total. The Kier molecular flexibility index (Phi) is 5.95. The van der Waals surface area contributed by atoms with Crippen LogP contribution in [0.3, 0.4) is 0 Å². The lowest BCUT2D eigenvalue weighted by Gasteiger charge is -2.27. The van der Waals surface area contributed by atoms with Crippen molar-refractivity contribution in [3.05, 3.63) is 35.6 Å². The third kappa shape index (κ3) is 5.17. The highest BCUT2D eigenvalue weighted by molar-refractivity contribution is 5.73. The van der Waals surface area contributed by atoms with Crippen molar-refractivity contribution in [1.82, 2.24) is 10.6 Å². The first-order valence-corrected chi connectivity index (χ1v) is 6.80. The first-order valence-electron chi connectivity index (χ1n) is 6.80. The summed E-state index contributed by atoms with van der Waals surface area (Å²) < 4.78 is 13.3. The van der Waals surface area contributed by atoms with E-state index in [-0.39, 0.29) is 24.3 Å². The Bertz CT molecular complexity index is 447. The van der Waals surface area contributed by atoms with Crippen LogP contribution in [-0.4, -0.2) is 29.8 Å². The average Bonchev–Trinajstić information content (AvgIpc) is 2.38. The number of carbonyl (C=O) groups is 1. The molecule has 0 aliphatic rings. The van der Waals surface area contributed by atoms with Gasteiger partial charge in [0.05, 0.1) is 5.60 Å². The minimum Gasteiger partial charge on any atom is -0.388 e. The third-order valence-corrected chi connectivity index (χ3v) is 3.49. The molecule has 1 unspecified atom stereocenters. The van der Waals surface area contributed by atoms with Gasteiger partial charge in [0.1, 0.15) is 5.82 Å². The van der Waals surface area contributed by atoms with E-state index in [1.807, 2.05) is 13.8 Å². The summed E-state index contributed by atoms with van der Waals surface area (Å²) in [5.41, 5.74) is -0.370. The van der Waals surface area contributed by atoms with E-state index in [0.717, 1.165) is 0 Å². The summed E-state index contributed by atoms with van der Waals surface area (Å²) in [4.78, 5) is 11.6. The zero-order valence-corrected chi connectivity index (χ0v) is 12.2. The van der Waals surface area contributed by atoms with E-state index in [0.29, 0.717) is 18.5 Å². The van der Waals surface area contributed by atoms with E-state index in [9.17, 15) is 14.3 Å². The molecular formula is C15H23FN2O2. The molecule has 0 saturated carbocycles. The van der Waals surface area contributed by atoms with Crippen molar-refractivity contribution in [2.45, 2.75) is 32.8 Å². The molecule has 0 radical (unpaired) electrons. The molecule has 0 fully saturated rings. The van der Waals surface area contributed by atoms with Gasteiger partial charge in [-0.2, -0.15) is 0 Å². The van der Waals surface area contributed by atoms with Crippen LogP contribution in [-0.2, 0) is 6.42 Å². The summed E-state index contributed by atoms with van der Waals surface area (Å²) in [6.07, 6.45) is 0.431. The summed E-state index contributed by atoms with van der Waals surface area (Å²) in [5.74, 6) is -0.223. The Hall–Kier alpha value is -1.62. The van der Waals surface area contributed by atoms with Crippen LogP contribution < -0.4 is 10.6 Å². The topological polar surface area (TPSA) is 61.4 Å². The number of hydrogen-bond acceptors (Lipinski definition) is 2. The highest BCUT2D eigenvalue weighted by Crippen LogP contribution is 2.14. The zero-order valence-electron chi connectivity index (χ0n) is 12.2. The molecule has 0 heterocycles. The molecule has 0 aliphatic carbocycles. The van der Waals surface area contributed by atoms with Gasteiger partial charge in [-0.05, 0) is 30.9 Å². The number of benzene rings is 1. The van der Waals surface area contributed by atoms with Gasteiger partial charge in [-0.3, -0.25) is 0 Å². The first-order chi connectivity index (χ1) is 9.33. The van der Waals surface area contributed by atoms with E-state index in [1.54, 1.807) is 25.1 Å². The molecule has 0 aliphatic heterocycles. The highest BCUT2D eigenvalue weighted by atomic mass is 19.1. The van der Waals surface area contributed by atoms with Crippen LogP contribution in [0.4, 0.5) is 9.18 Å². The Morgan fingerprint density at radius 1 is 1.35 bits per heavy atom. The fourth-order valence-electron chi connectivity index (χ4n) is 1.54.